The summed E-state index contributed by atoms with van der Waals surface area (Å²) in [6.07, 6.45) is 2.14. The van der Waals surface area contributed by atoms with Crippen LogP contribution in [0.25, 0.3) is 0 Å². The zero-order chi connectivity index (χ0) is 13.1. The summed E-state index contributed by atoms with van der Waals surface area (Å²) in [5.41, 5.74) is 0.370. The van der Waals surface area contributed by atoms with Crippen molar-refractivity contribution in [1.82, 2.24) is 4.98 Å². The maximum absolute atomic E-state index is 13.1. The van der Waals surface area contributed by atoms with E-state index >= 15 is 0 Å². The first-order valence-corrected chi connectivity index (χ1v) is 5.70. The summed E-state index contributed by atoms with van der Waals surface area (Å²) in [7, 11) is 0. The third-order valence-electron chi connectivity index (χ3n) is 2.33. The Bertz CT molecular complexity index is 560. The minimum Gasteiger partial charge on any atom is -0.455 e. The van der Waals surface area contributed by atoms with E-state index in [-0.39, 0.29) is 0 Å². The van der Waals surface area contributed by atoms with E-state index in [1.807, 2.05) is 0 Å². The molecule has 1 aromatic heterocycles. The third-order valence-corrected chi connectivity index (χ3v) is 2.54. The normalized spacial score (nSPS) is 12.2. The fraction of sp³-hybridized carbons (Fsp3) is 0.154. The van der Waals surface area contributed by atoms with Gasteiger partial charge in [0.2, 0.25) is 0 Å². The van der Waals surface area contributed by atoms with Gasteiger partial charge in [0.15, 0.2) is 0 Å². The Morgan fingerprint density at radius 3 is 2.78 bits per heavy atom. The predicted molar refractivity (Wildman–Crippen MR) is 66.4 cm³/mol. The number of ether oxygens (including phenoxy) is 1. The maximum atomic E-state index is 13.1. The topological polar surface area (TPSA) is 42.4 Å². The van der Waals surface area contributed by atoms with Crippen LogP contribution < -0.4 is 4.74 Å². The molecule has 0 amide bonds. The molecule has 5 heteroatoms. The second-order valence-corrected chi connectivity index (χ2v) is 4.24. The number of rotatable bonds is 3. The summed E-state index contributed by atoms with van der Waals surface area (Å²) in [6, 6.07) is 5.54. The highest BCUT2D eigenvalue weighted by molar-refractivity contribution is 6.30. The number of halogens is 2. The molecule has 1 heterocycles. The van der Waals surface area contributed by atoms with E-state index in [9.17, 15) is 9.50 Å². The number of aromatic nitrogens is 1. The van der Waals surface area contributed by atoms with Crippen molar-refractivity contribution in [1.29, 1.82) is 0 Å². The Balaban J connectivity index is 2.34. The highest BCUT2D eigenvalue weighted by atomic mass is 35.5. The Morgan fingerprint density at radius 2 is 2.11 bits per heavy atom. The molecule has 0 fully saturated rings. The molecular weight excluding hydrogens is 257 g/mol. The molecule has 0 spiro atoms. The molecule has 3 nitrogen and oxygen atoms in total. The van der Waals surface area contributed by atoms with E-state index in [0.29, 0.717) is 22.1 Å². The summed E-state index contributed by atoms with van der Waals surface area (Å²) in [5, 5.41) is 10.0. The zero-order valence-corrected chi connectivity index (χ0v) is 10.4. The van der Waals surface area contributed by atoms with Crippen molar-refractivity contribution in [2.24, 2.45) is 0 Å². The van der Waals surface area contributed by atoms with Gasteiger partial charge in [-0.2, -0.15) is 0 Å². The predicted octanol–water partition coefficient (Wildman–Crippen LogP) is 3.72. The van der Waals surface area contributed by atoms with E-state index in [4.69, 9.17) is 16.3 Å². The van der Waals surface area contributed by atoms with Crippen LogP contribution in [0.1, 0.15) is 18.6 Å². The summed E-state index contributed by atoms with van der Waals surface area (Å²) in [5.74, 6) is 0.369. The number of aliphatic hydroxyl groups is 1. The van der Waals surface area contributed by atoms with Gasteiger partial charge in [-0.15, -0.1) is 0 Å². The molecule has 0 aliphatic carbocycles. The third kappa shape index (κ3) is 2.97. The zero-order valence-electron chi connectivity index (χ0n) is 9.60. The van der Waals surface area contributed by atoms with E-state index in [1.165, 1.54) is 37.5 Å². The van der Waals surface area contributed by atoms with Gasteiger partial charge in [0, 0.05) is 17.8 Å². The van der Waals surface area contributed by atoms with Crippen LogP contribution in [-0.2, 0) is 0 Å². The average Bonchev–Trinajstić information content (AvgIpc) is 2.31. The Hall–Kier alpha value is -1.65. The van der Waals surface area contributed by atoms with Crippen molar-refractivity contribution in [2.45, 2.75) is 13.0 Å². The summed E-state index contributed by atoms with van der Waals surface area (Å²) >= 11 is 5.79. The summed E-state index contributed by atoms with van der Waals surface area (Å²) in [6.45, 7) is 1.54. The maximum Gasteiger partial charge on any atom is 0.147 e. The number of hydrogen-bond donors (Lipinski definition) is 1. The number of hydrogen-bond acceptors (Lipinski definition) is 3. The van der Waals surface area contributed by atoms with Crippen LogP contribution in [0.3, 0.4) is 0 Å². The minimum atomic E-state index is -0.831. The SMILES string of the molecule is CC(O)c1cc(F)ccc1Oc1cncc(Cl)c1. The second kappa shape index (κ2) is 5.33. The lowest BCUT2D eigenvalue weighted by Gasteiger charge is -2.13. The lowest BCUT2D eigenvalue weighted by Crippen LogP contribution is -1.97. The molecule has 0 aliphatic rings. The van der Waals surface area contributed by atoms with E-state index < -0.39 is 11.9 Å². The fourth-order valence-corrected chi connectivity index (χ4v) is 1.68. The van der Waals surface area contributed by atoms with Crippen molar-refractivity contribution >= 4 is 11.6 Å². The number of nitrogens with zero attached hydrogens (tertiary/aromatic N) is 1. The van der Waals surface area contributed by atoms with Gasteiger partial charge in [-0.1, -0.05) is 11.6 Å². The molecule has 0 radical (unpaired) electrons. The van der Waals surface area contributed by atoms with Crippen molar-refractivity contribution < 1.29 is 14.2 Å². The lowest BCUT2D eigenvalue weighted by molar-refractivity contribution is 0.195. The molecule has 0 saturated heterocycles. The smallest absolute Gasteiger partial charge is 0.147 e. The molecule has 0 aliphatic heterocycles. The largest absolute Gasteiger partial charge is 0.455 e. The molecule has 2 aromatic rings. The number of aliphatic hydroxyl groups excluding tert-OH is 1. The van der Waals surface area contributed by atoms with Gasteiger partial charge in [-0.3, -0.25) is 4.98 Å². The molecule has 1 unspecified atom stereocenters. The molecule has 2 rings (SSSR count). The molecule has 1 aromatic carbocycles. The van der Waals surface area contributed by atoms with Gasteiger partial charge in [-0.25, -0.2) is 4.39 Å². The van der Waals surface area contributed by atoms with Crippen molar-refractivity contribution in [3.63, 3.8) is 0 Å². The van der Waals surface area contributed by atoms with Crippen molar-refractivity contribution in [3.8, 4) is 11.5 Å². The van der Waals surface area contributed by atoms with Gasteiger partial charge in [0.25, 0.3) is 0 Å². The molecule has 0 bridgehead atoms. The van der Waals surface area contributed by atoms with Crippen LogP contribution in [0.5, 0.6) is 11.5 Å². The van der Waals surface area contributed by atoms with Gasteiger partial charge in [-0.05, 0) is 25.1 Å². The molecule has 0 saturated carbocycles. The Labute approximate surface area is 109 Å². The van der Waals surface area contributed by atoms with Gasteiger partial charge in [0.05, 0.1) is 17.3 Å². The first-order valence-electron chi connectivity index (χ1n) is 5.32. The molecular formula is C13H11ClFNO2. The van der Waals surface area contributed by atoms with Gasteiger partial charge in [0.1, 0.15) is 17.3 Å². The van der Waals surface area contributed by atoms with Crippen LogP contribution in [-0.4, -0.2) is 10.1 Å². The van der Waals surface area contributed by atoms with Crippen LogP contribution >= 0.6 is 11.6 Å². The Morgan fingerprint density at radius 1 is 1.33 bits per heavy atom. The average molecular weight is 268 g/mol. The van der Waals surface area contributed by atoms with E-state index in [0.717, 1.165) is 0 Å². The van der Waals surface area contributed by atoms with Crippen LogP contribution in [0, 0.1) is 5.82 Å². The number of benzene rings is 1. The highest BCUT2D eigenvalue weighted by Crippen LogP contribution is 2.30. The minimum absolute atomic E-state index is 0.370. The summed E-state index contributed by atoms with van der Waals surface area (Å²) in [4.78, 5) is 3.88. The van der Waals surface area contributed by atoms with E-state index in [2.05, 4.69) is 4.98 Å². The number of pyridine rings is 1. The van der Waals surface area contributed by atoms with Crippen molar-refractivity contribution in [3.05, 3.63) is 53.1 Å². The quantitative estimate of drug-likeness (QED) is 0.922. The molecule has 1 N–H and O–H groups in total. The molecule has 18 heavy (non-hydrogen) atoms. The Kier molecular flexibility index (Phi) is 3.79. The lowest BCUT2D eigenvalue weighted by atomic mass is 10.1. The first-order chi connectivity index (χ1) is 8.56. The van der Waals surface area contributed by atoms with Gasteiger partial charge < -0.3 is 9.84 Å². The van der Waals surface area contributed by atoms with E-state index in [1.54, 1.807) is 6.07 Å². The van der Waals surface area contributed by atoms with Crippen LogP contribution in [0.2, 0.25) is 5.02 Å². The summed E-state index contributed by atoms with van der Waals surface area (Å²) < 4.78 is 18.6. The van der Waals surface area contributed by atoms with Crippen molar-refractivity contribution in [2.75, 3.05) is 0 Å². The first kappa shape index (κ1) is 12.8. The fourth-order valence-electron chi connectivity index (χ4n) is 1.51. The molecule has 94 valence electrons. The molecule has 1 atom stereocenters. The highest BCUT2D eigenvalue weighted by Gasteiger charge is 2.11. The van der Waals surface area contributed by atoms with Gasteiger partial charge >= 0.3 is 0 Å². The van der Waals surface area contributed by atoms with Crippen LogP contribution in [0.15, 0.2) is 36.7 Å². The monoisotopic (exact) mass is 267 g/mol. The van der Waals surface area contributed by atoms with Crippen LogP contribution in [0.4, 0.5) is 4.39 Å². The standard InChI is InChI=1S/C13H11ClFNO2/c1-8(17)12-5-10(15)2-3-13(12)18-11-4-9(14)6-16-7-11/h2-8,17H,1H3. The second-order valence-electron chi connectivity index (χ2n) is 3.80.